The molecule has 1 aromatic heterocycles. The fraction of sp³-hybridized carbons (Fsp3) is 0.444. The third-order valence-corrected chi connectivity index (χ3v) is 3.76. The SMILES string of the molecule is CCCNc1cc(-c2cc(C)c(C)cc2C)nc(CC)n1. The van der Waals surface area contributed by atoms with E-state index in [2.05, 4.69) is 63.1 Å². The van der Waals surface area contributed by atoms with Gasteiger partial charge >= 0.3 is 0 Å². The summed E-state index contributed by atoms with van der Waals surface area (Å²) in [6, 6.07) is 6.53. The number of aromatic nitrogens is 2. The summed E-state index contributed by atoms with van der Waals surface area (Å²) < 4.78 is 0. The van der Waals surface area contributed by atoms with Crippen LogP contribution in [0.4, 0.5) is 5.82 Å². The topological polar surface area (TPSA) is 37.8 Å². The Morgan fingerprint density at radius 2 is 1.62 bits per heavy atom. The van der Waals surface area contributed by atoms with Gasteiger partial charge in [-0.1, -0.05) is 19.9 Å². The molecular formula is C18H25N3. The molecule has 0 unspecified atom stereocenters. The Labute approximate surface area is 127 Å². The maximum atomic E-state index is 4.71. The molecule has 0 radical (unpaired) electrons. The van der Waals surface area contributed by atoms with E-state index in [-0.39, 0.29) is 0 Å². The molecule has 1 aromatic carbocycles. The van der Waals surface area contributed by atoms with E-state index in [0.717, 1.165) is 36.7 Å². The predicted molar refractivity (Wildman–Crippen MR) is 89.8 cm³/mol. The van der Waals surface area contributed by atoms with Crippen molar-refractivity contribution in [2.45, 2.75) is 47.5 Å². The van der Waals surface area contributed by atoms with Crippen molar-refractivity contribution in [2.24, 2.45) is 0 Å². The molecule has 0 saturated carbocycles. The van der Waals surface area contributed by atoms with Crippen molar-refractivity contribution in [3.05, 3.63) is 40.7 Å². The molecule has 0 spiro atoms. The Bertz CT molecular complexity index is 633. The van der Waals surface area contributed by atoms with Gasteiger partial charge in [-0.2, -0.15) is 0 Å². The highest BCUT2D eigenvalue weighted by atomic mass is 15.0. The van der Waals surface area contributed by atoms with Gasteiger partial charge in [0.15, 0.2) is 0 Å². The molecule has 0 aliphatic carbocycles. The van der Waals surface area contributed by atoms with Gasteiger partial charge < -0.3 is 5.32 Å². The van der Waals surface area contributed by atoms with Crippen molar-refractivity contribution < 1.29 is 0 Å². The number of rotatable bonds is 5. The van der Waals surface area contributed by atoms with E-state index < -0.39 is 0 Å². The van der Waals surface area contributed by atoms with Crippen LogP contribution < -0.4 is 5.32 Å². The average molecular weight is 283 g/mol. The number of anilines is 1. The second-order valence-corrected chi connectivity index (χ2v) is 5.59. The quantitative estimate of drug-likeness (QED) is 0.880. The van der Waals surface area contributed by atoms with E-state index >= 15 is 0 Å². The average Bonchev–Trinajstić information content (AvgIpc) is 2.48. The summed E-state index contributed by atoms with van der Waals surface area (Å²) in [5, 5.41) is 3.37. The third-order valence-electron chi connectivity index (χ3n) is 3.76. The van der Waals surface area contributed by atoms with Crippen LogP contribution in [0, 0.1) is 20.8 Å². The van der Waals surface area contributed by atoms with Gasteiger partial charge in [0, 0.05) is 24.6 Å². The van der Waals surface area contributed by atoms with Gasteiger partial charge in [0.05, 0.1) is 5.69 Å². The zero-order chi connectivity index (χ0) is 15.4. The Morgan fingerprint density at radius 1 is 0.905 bits per heavy atom. The molecule has 21 heavy (non-hydrogen) atoms. The van der Waals surface area contributed by atoms with Crippen molar-refractivity contribution >= 4 is 5.82 Å². The van der Waals surface area contributed by atoms with Crippen molar-refractivity contribution in [3.8, 4) is 11.3 Å². The summed E-state index contributed by atoms with van der Waals surface area (Å²) in [5.74, 6) is 1.82. The summed E-state index contributed by atoms with van der Waals surface area (Å²) in [4.78, 5) is 9.27. The van der Waals surface area contributed by atoms with Crippen LogP contribution in [0.3, 0.4) is 0 Å². The molecule has 0 saturated heterocycles. The number of aryl methyl sites for hydroxylation is 4. The number of benzene rings is 1. The largest absolute Gasteiger partial charge is 0.370 e. The molecule has 0 fully saturated rings. The normalized spacial score (nSPS) is 10.7. The molecule has 112 valence electrons. The zero-order valence-electron chi connectivity index (χ0n) is 13.7. The van der Waals surface area contributed by atoms with E-state index in [4.69, 9.17) is 4.98 Å². The molecule has 0 aliphatic rings. The van der Waals surface area contributed by atoms with Crippen LogP contribution in [0.25, 0.3) is 11.3 Å². The van der Waals surface area contributed by atoms with E-state index in [1.165, 1.54) is 22.3 Å². The van der Waals surface area contributed by atoms with Crippen molar-refractivity contribution in [1.82, 2.24) is 9.97 Å². The van der Waals surface area contributed by atoms with E-state index in [0.29, 0.717) is 0 Å². The third kappa shape index (κ3) is 3.60. The zero-order valence-corrected chi connectivity index (χ0v) is 13.7. The fourth-order valence-corrected chi connectivity index (χ4v) is 2.37. The predicted octanol–water partition coefficient (Wildman–Crippen LogP) is 4.45. The maximum absolute atomic E-state index is 4.71. The minimum Gasteiger partial charge on any atom is -0.370 e. The second kappa shape index (κ2) is 6.70. The fourth-order valence-electron chi connectivity index (χ4n) is 2.37. The lowest BCUT2D eigenvalue weighted by atomic mass is 9.98. The molecule has 0 bridgehead atoms. The molecular weight excluding hydrogens is 258 g/mol. The number of nitrogens with zero attached hydrogens (tertiary/aromatic N) is 2. The second-order valence-electron chi connectivity index (χ2n) is 5.59. The first-order chi connectivity index (χ1) is 10.0. The van der Waals surface area contributed by atoms with Crippen LogP contribution in [-0.4, -0.2) is 16.5 Å². The lowest BCUT2D eigenvalue weighted by Gasteiger charge is -2.12. The van der Waals surface area contributed by atoms with Crippen LogP contribution in [0.1, 0.15) is 42.8 Å². The van der Waals surface area contributed by atoms with Gasteiger partial charge in [0.25, 0.3) is 0 Å². The molecule has 0 amide bonds. The van der Waals surface area contributed by atoms with Crippen LogP contribution in [0.15, 0.2) is 18.2 Å². The van der Waals surface area contributed by atoms with Crippen LogP contribution in [0.5, 0.6) is 0 Å². The number of nitrogens with one attached hydrogen (secondary N) is 1. The smallest absolute Gasteiger partial charge is 0.131 e. The van der Waals surface area contributed by atoms with Gasteiger partial charge in [-0.05, 0) is 49.9 Å². The highest BCUT2D eigenvalue weighted by Gasteiger charge is 2.09. The summed E-state index contributed by atoms with van der Waals surface area (Å²) in [6.07, 6.45) is 1.93. The van der Waals surface area contributed by atoms with Gasteiger partial charge in [0.1, 0.15) is 11.6 Å². The molecule has 2 rings (SSSR count). The Kier molecular flexibility index (Phi) is 4.94. The Morgan fingerprint density at radius 3 is 2.29 bits per heavy atom. The minimum atomic E-state index is 0.846. The molecule has 1 N–H and O–H groups in total. The lowest BCUT2D eigenvalue weighted by Crippen LogP contribution is -2.06. The molecule has 0 aliphatic heterocycles. The van der Waals surface area contributed by atoms with Crippen LogP contribution >= 0.6 is 0 Å². The molecule has 1 heterocycles. The van der Waals surface area contributed by atoms with Gasteiger partial charge in [-0.25, -0.2) is 9.97 Å². The summed E-state index contributed by atoms with van der Waals surface area (Å²) >= 11 is 0. The maximum Gasteiger partial charge on any atom is 0.131 e. The lowest BCUT2D eigenvalue weighted by molar-refractivity contribution is 0.919. The summed E-state index contributed by atoms with van der Waals surface area (Å²) in [7, 11) is 0. The molecule has 2 aromatic rings. The summed E-state index contributed by atoms with van der Waals surface area (Å²) in [6.45, 7) is 11.6. The first kappa shape index (κ1) is 15.5. The first-order valence-electron chi connectivity index (χ1n) is 7.75. The van der Waals surface area contributed by atoms with Gasteiger partial charge in [-0.15, -0.1) is 0 Å². The number of hydrogen-bond donors (Lipinski definition) is 1. The van der Waals surface area contributed by atoms with Gasteiger partial charge in [-0.3, -0.25) is 0 Å². The van der Waals surface area contributed by atoms with Crippen LogP contribution in [0.2, 0.25) is 0 Å². The Balaban J connectivity index is 2.49. The monoisotopic (exact) mass is 283 g/mol. The van der Waals surface area contributed by atoms with E-state index in [1.807, 2.05) is 0 Å². The van der Waals surface area contributed by atoms with Crippen molar-refractivity contribution in [3.63, 3.8) is 0 Å². The standard InChI is InChI=1S/C18H25N3/c1-6-8-19-18-11-16(20-17(7-2)21-18)15-10-13(4)12(3)9-14(15)5/h9-11H,6-8H2,1-5H3,(H,19,20,21). The first-order valence-corrected chi connectivity index (χ1v) is 7.75. The van der Waals surface area contributed by atoms with Crippen molar-refractivity contribution in [1.29, 1.82) is 0 Å². The van der Waals surface area contributed by atoms with Crippen molar-refractivity contribution in [2.75, 3.05) is 11.9 Å². The van der Waals surface area contributed by atoms with Crippen LogP contribution in [-0.2, 0) is 6.42 Å². The molecule has 3 heteroatoms. The minimum absolute atomic E-state index is 0.846. The summed E-state index contributed by atoms with van der Waals surface area (Å²) in [5.41, 5.74) is 6.11. The molecule has 3 nitrogen and oxygen atoms in total. The number of hydrogen-bond acceptors (Lipinski definition) is 3. The van der Waals surface area contributed by atoms with E-state index in [9.17, 15) is 0 Å². The van der Waals surface area contributed by atoms with Gasteiger partial charge in [0.2, 0.25) is 0 Å². The highest BCUT2D eigenvalue weighted by Crippen LogP contribution is 2.26. The Hall–Kier alpha value is -1.90. The highest BCUT2D eigenvalue weighted by molar-refractivity contribution is 5.67. The van der Waals surface area contributed by atoms with E-state index in [1.54, 1.807) is 0 Å². The molecule has 0 atom stereocenters.